The minimum absolute atomic E-state index is 0.0202. The van der Waals surface area contributed by atoms with Crippen molar-refractivity contribution in [2.24, 2.45) is 0 Å². The third-order valence-electron chi connectivity index (χ3n) is 5.14. The fourth-order valence-corrected chi connectivity index (χ4v) is 3.87. The number of nitrogens with zero attached hydrogens (tertiary/aromatic N) is 1. The number of carbonyl (C=O) groups is 1. The van der Waals surface area contributed by atoms with Crippen LogP contribution in [0, 0.1) is 0 Å². The van der Waals surface area contributed by atoms with Gasteiger partial charge in [-0.15, -0.1) is 0 Å². The first-order valence-electron chi connectivity index (χ1n) is 9.13. The number of halogens is 1. The number of hydrogen-bond acceptors (Lipinski definition) is 4. The summed E-state index contributed by atoms with van der Waals surface area (Å²) >= 11 is 6.09. The molecule has 1 atom stereocenters. The van der Waals surface area contributed by atoms with E-state index >= 15 is 0 Å². The van der Waals surface area contributed by atoms with Gasteiger partial charge in [0.15, 0.2) is 11.5 Å². The lowest BCUT2D eigenvalue weighted by Crippen LogP contribution is -2.41. The molecule has 6 heteroatoms. The zero-order valence-corrected chi connectivity index (χ0v) is 16.8. The standard InChI is InChI=1S/C23H20ClNO4/c1-28-18-9-7-17(8-10-18)25-22(27)12-15-11-20(26)21(29-2)13-19(15)23(25)14-3-5-16(24)6-4-14/h3-11,13,23,26H,12H2,1-2H3. The van der Waals surface area contributed by atoms with Crippen LogP contribution in [0.1, 0.15) is 22.7 Å². The Kier molecular flexibility index (Phi) is 5.07. The van der Waals surface area contributed by atoms with E-state index in [9.17, 15) is 9.90 Å². The third kappa shape index (κ3) is 3.49. The summed E-state index contributed by atoms with van der Waals surface area (Å²) in [6.45, 7) is 0. The number of carbonyl (C=O) groups excluding carboxylic acids is 1. The van der Waals surface area contributed by atoms with Crippen LogP contribution in [0.2, 0.25) is 5.02 Å². The Morgan fingerprint density at radius 2 is 1.69 bits per heavy atom. The Morgan fingerprint density at radius 1 is 1.00 bits per heavy atom. The van der Waals surface area contributed by atoms with Crippen molar-refractivity contribution in [1.82, 2.24) is 0 Å². The highest BCUT2D eigenvalue weighted by molar-refractivity contribution is 6.30. The van der Waals surface area contributed by atoms with E-state index in [1.807, 2.05) is 36.4 Å². The monoisotopic (exact) mass is 409 g/mol. The van der Waals surface area contributed by atoms with E-state index in [-0.39, 0.29) is 24.1 Å². The van der Waals surface area contributed by atoms with E-state index in [1.54, 1.807) is 36.3 Å². The molecule has 3 aromatic carbocycles. The first-order valence-corrected chi connectivity index (χ1v) is 9.51. The Labute approximate surface area is 174 Å². The van der Waals surface area contributed by atoms with Gasteiger partial charge in [-0.25, -0.2) is 0 Å². The number of fused-ring (bicyclic) bond motifs is 1. The number of aromatic hydroxyl groups is 1. The van der Waals surface area contributed by atoms with Crippen LogP contribution in [0.3, 0.4) is 0 Å². The molecule has 0 aromatic heterocycles. The SMILES string of the molecule is COc1ccc(N2C(=O)Cc3cc(O)c(OC)cc3C2c2ccc(Cl)cc2)cc1. The maximum Gasteiger partial charge on any atom is 0.232 e. The van der Waals surface area contributed by atoms with Gasteiger partial charge in [0.2, 0.25) is 5.91 Å². The summed E-state index contributed by atoms with van der Waals surface area (Å²) < 4.78 is 10.6. The number of amides is 1. The highest BCUT2D eigenvalue weighted by Crippen LogP contribution is 2.43. The average Bonchev–Trinajstić information content (AvgIpc) is 2.73. The maximum absolute atomic E-state index is 13.2. The first kappa shape index (κ1) is 19.2. The summed E-state index contributed by atoms with van der Waals surface area (Å²) in [6, 6.07) is 17.8. The van der Waals surface area contributed by atoms with Crippen molar-refractivity contribution in [3.63, 3.8) is 0 Å². The second-order valence-corrected chi connectivity index (χ2v) is 7.25. The Bertz CT molecular complexity index is 1050. The average molecular weight is 410 g/mol. The highest BCUT2D eigenvalue weighted by Gasteiger charge is 2.35. The predicted octanol–water partition coefficient (Wildman–Crippen LogP) is 4.74. The molecule has 0 saturated carbocycles. The van der Waals surface area contributed by atoms with Gasteiger partial charge in [-0.2, -0.15) is 0 Å². The van der Waals surface area contributed by atoms with Gasteiger partial charge in [-0.05, 0) is 65.2 Å². The second-order valence-electron chi connectivity index (χ2n) is 6.82. The van der Waals surface area contributed by atoms with Crippen molar-refractivity contribution in [1.29, 1.82) is 0 Å². The van der Waals surface area contributed by atoms with Crippen LogP contribution < -0.4 is 14.4 Å². The molecule has 1 N–H and O–H groups in total. The van der Waals surface area contributed by atoms with Gasteiger partial charge < -0.3 is 19.5 Å². The third-order valence-corrected chi connectivity index (χ3v) is 5.39. The van der Waals surface area contributed by atoms with E-state index in [2.05, 4.69) is 0 Å². The first-order chi connectivity index (χ1) is 14.0. The van der Waals surface area contributed by atoms with Gasteiger partial charge in [-0.1, -0.05) is 23.7 Å². The van der Waals surface area contributed by atoms with Crippen LogP contribution in [0.25, 0.3) is 0 Å². The van der Waals surface area contributed by atoms with E-state index in [0.717, 1.165) is 22.4 Å². The Balaban J connectivity index is 1.91. The number of anilines is 1. The fourth-order valence-electron chi connectivity index (χ4n) is 3.74. The maximum atomic E-state index is 13.2. The number of rotatable bonds is 4. The topological polar surface area (TPSA) is 59.0 Å². The molecule has 1 aliphatic heterocycles. The quantitative estimate of drug-likeness (QED) is 0.676. The van der Waals surface area contributed by atoms with Gasteiger partial charge >= 0.3 is 0 Å². The Hall–Kier alpha value is -3.18. The van der Waals surface area contributed by atoms with Crippen molar-refractivity contribution in [3.8, 4) is 17.2 Å². The van der Waals surface area contributed by atoms with E-state index in [1.165, 1.54) is 7.11 Å². The van der Waals surface area contributed by atoms with Gasteiger partial charge in [-0.3, -0.25) is 4.79 Å². The summed E-state index contributed by atoms with van der Waals surface area (Å²) in [6.07, 6.45) is 0.184. The second kappa shape index (κ2) is 7.68. The van der Waals surface area contributed by atoms with Crippen molar-refractivity contribution >= 4 is 23.2 Å². The van der Waals surface area contributed by atoms with Crippen molar-refractivity contribution < 1.29 is 19.4 Å². The summed E-state index contributed by atoms with van der Waals surface area (Å²) in [5.41, 5.74) is 3.34. The van der Waals surface area contributed by atoms with E-state index in [4.69, 9.17) is 21.1 Å². The molecule has 29 heavy (non-hydrogen) atoms. The highest BCUT2D eigenvalue weighted by atomic mass is 35.5. The molecule has 0 saturated heterocycles. The normalized spacial score (nSPS) is 15.8. The molecular weight excluding hydrogens is 390 g/mol. The van der Waals surface area contributed by atoms with Gasteiger partial charge in [0.25, 0.3) is 0 Å². The van der Waals surface area contributed by atoms with Crippen LogP contribution in [0.15, 0.2) is 60.7 Å². The van der Waals surface area contributed by atoms with Crippen molar-refractivity contribution in [2.75, 3.05) is 19.1 Å². The molecule has 0 bridgehead atoms. The minimum Gasteiger partial charge on any atom is -0.504 e. The summed E-state index contributed by atoms with van der Waals surface area (Å²) in [7, 11) is 3.11. The van der Waals surface area contributed by atoms with Gasteiger partial charge in [0.1, 0.15) is 5.75 Å². The van der Waals surface area contributed by atoms with Crippen LogP contribution in [0.4, 0.5) is 5.69 Å². The van der Waals surface area contributed by atoms with E-state index < -0.39 is 0 Å². The van der Waals surface area contributed by atoms with Gasteiger partial charge in [0.05, 0.1) is 26.7 Å². The van der Waals surface area contributed by atoms with Crippen molar-refractivity contribution in [2.45, 2.75) is 12.5 Å². The van der Waals surface area contributed by atoms with E-state index in [0.29, 0.717) is 16.5 Å². The number of hydrogen-bond donors (Lipinski definition) is 1. The zero-order valence-electron chi connectivity index (χ0n) is 16.1. The Morgan fingerprint density at radius 3 is 2.31 bits per heavy atom. The van der Waals surface area contributed by atoms with Crippen LogP contribution >= 0.6 is 11.6 Å². The molecule has 3 aromatic rings. The number of benzene rings is 3. The summed E-state index contributed by atoms with van der Waals surface area (Å²) in [5, 5.41) is 10.8. The molecule has 0 aliphatic carbocycles. The molecule has 1 unspecified atom stereocenters. The summed E-state index contributed by atoms with van der Waals surface area (Å²) in [4.78, 5) is 14.9. The predicted molar refractivity (Wildman–Crippen MR) is 112 cm³/mol. The molecule has 0 radical (unpaired) electrons. The molecule has 4 rings (SSSR count). The molecular formula is C23H20ClNO4. The molecule has 1 amide bonds. The number of phenols is 1. The lowest BCUT2D eigenvalue weighted by Gasteiger charge is -2.38. The van der Waals surface area contributed by atoms with Crippen molar-refractivity contribution in [3.05, 3.63) is 82.4 Å². The van der Waals surface area contributed by atoms with Crippen LogP contribution in [-0.2, 0) is 11.2 Å². The molecule has 0 spiro atoms. The van der Waals surface area contributed by atoms with Gasteiger partial charge in [0, 0.05) is 10.7 Å². The number of phenolic OH excluding ortho intramolecular Hbond substituents is 1. The molecule has 148 valence electrons. The largest absolute Gasteiger partial charge is 0.504 e. The number of methoxy groups -OCH3 is 2. The lowest BCUT2D eigenvalue weighted by molar-refractivity contribution is -0.118. The molecule has 1 aliphatic rings. The fraction of sp³-hybridized carbons (Fsp3) is 0.174. The van der Waals surface area contributed by atoms with Crippen LogP contribution in [-0.4, -0.2) is 25.2 Å². The lowest BCUT2D eigenvalue weighted by atomic mass is 9.87. The summed E-state index contributed by atoms with van der Waals surface area (Å²) in [5.74, 6) is 1.04. The smallest absolute Gasteiger partial charge is 0.232 e. The number of ether oxygens (including phenoxy) is 2. The van der Waals surface area contributed by atoms with Crippen LogP contribution in [0.5, 0.6) is 17.2 Å². The zero-order chi connectivity index (χ0) is 20.5. The molecule has 5 nitrogen and oxygen atoms in total. The molecule has 0 fully saturated rings. The molecule has 1 heterocycles. The minimum atomic E-state index is -0.383.